The molecule has 3 atom stereocenters. The average molecular weight is 279 g/mol. The first-order valence-corrected chi connectivity index (χ1v) is 8.18. The van der Waals surface area contributed by atoms with E-state index in [2.05, 4.69) is 22.4 Å². The van der Waals surface area contributed by atoms with Crippen molar-refractivity contribution >= 4 is 22.4 Å². The summed E-state index contributed by atoms with van der Waals surface area (Å²) in [5.74, 6) is 2.44. The van der Waals surface area contributed by atoms with Crippen molar-refractivity contribution in [1.29, 1.82) is 0 Å². The first kappa shape index (κ1) is 13.0. The fourth-order valence-electron chi connectivity index (χ4n) is 3.65. The van der Waals surface area contributed by atoms with Crippen LogP contribution in [0.3, 0.4) is 0 Å². The molecule has 1 heterocycles. The van der Waals surface area contributed by atoms with Crippen molar-refractivity contribution in [3.8, 4) is 0 Å². The third kappa shape index (κ3) is 2.96. The molecule has 1 amide bonds. The lowest BCUT2D eigenvalue weighted by molar-refractivity contribution is -0.117. The number of nitrogens with one attached hydrogen (secondary N) is 1. The molecule has 0 spiro atoms. The number of aryl methyl sites for hydroxylation is 1. The molecule has 3 rings (SSSR count). The standard InChI is InChI=1S/C14H21N3OS/c1-2-3-13-16-17-14(19-13)15-12(18)8-11-7-9-4-5-10(11)6-9/h9-11H,2-8H2,1H3,(H,15,17,18)/t9-,10-,11+/m0/s1. The molecular formula is C14H21N3OS. The monoisotopic (exact) mass is 279 g/mol. The van der Waals surface area contributed by atoms with Crippen LogP contribution in [0, 0.1) is 17.8 Å². The average Bonchev–Trinajstić information content (AvgIpc) is 3.06. The van der Waals surface area contributed by atoms with E-state index < -0.39 is 0 Å². The van der Waals surface area contributed by atoms with Gasteiger partial charge in [0.05, 0.1) is 0 Å². The topological polar surface area (TPSA) is 54.9 Å². The van der Waals surface area contributed by atoms with Crippen LogP contribution < -0.4 is 5.32 Å². The van der Waals surface area contributed by atoms with Crippen molar-refractivity contribution in [2.24, 2.45) is 17.8 Å². The Bertz CT molecular complexity index is 459. The molecule has 4 nitrogen and oxygen atoms in total. The highest BCUT2D eigenvalue weighted by molar-refractivity contribution is 7.15. The molecule has 5 heteroatoms. The van der Waals surface area contributed by atoms with Gasteiger partial charge in [-0.05, 0) is 43.4 Å². The largest absolute Gasteiger partial charge is 0.301 e. The molecule has 0 saturated heterocycles. The molecule has 19 heavy (non-hydrogen) atoms. The SMILES string of the molecule is CCCc1nnc(NC(=O)C[C@H]2C[C@H]3CC[C@H]2C3)s1. The van der Waals surface area contributed by atoms with Gasteiger partial charge in [-0.2, -0.15) is 0 Å². The number of anilines is 1. The van der Waals surface area contributed by atoms with Crippen LogP contribution in [-0.4, -0.2) is 16.1 Å². The Morgan fingerprint density at radius 2 is 2.26 bits per heavy atom. The number of hydrogen-bond donors (Lipinski definition) is 1. The number of hydrogen-bond acceptors (Lipinski definition) is 4. The fourth-order valence-corrected chi connectivity index (χ4v) is 4.51. The maximum Gasteiger partial charge on any atom is 0.226 e. The molecule has 2 bridgehead atoms. The molecule has 0 aliphatic heterocycles. The second-order valence-corrected chi connectivity index (χ2v) is 7.00. The van der Waals surface area contributed by atoms with Crippen LogP contribution in [0.25, 0.3) is 0 Å². The number of carbonyl (C=O) groups is 1. The highest BCUT2D eigenvalue weighted by Gasteiger charge is 2.40. The Labute approximate surface area is 118 Å². The van der Waals surface area contributed by atoms with Gasteiger partial charge in [0.15, 0.2) is 0 Å². The summed E-state index contributed by atoms with van der Waals surface area (Å²) in [4.78, 5) is 12.0. The van der Waals surface area contributed by atoms with E-state index >= 15 is 0 Å². The molecule has 1 aromatic heterocycles. The fraction of sp³-hybridized carbons (Fsp3) is 0.786. The first-order valence-electron chi connectivity index (χ1n) is 7.36. The van der Waals surface area contributed by atoms with Crippen LogP contribution in [-0.2, 0) is 11.2 Å². The van der Waals surface area contributed by atoms with E-state index in [4.69, 9.17) is 0 Å². The van der Waals surface area contributed by atoms with E-state index in [1.807, 2.05) is 0 Å². The molecule has 0 aromatic carbocycles. The van der Waals surface area contributed by atoms with Gasteiger partial charge in [-0.1, -0.05) is 24.7 Å². The van der Waals surface area contributed by atoms with Gasteiger partial charge in [0.1, 0.15) is 5.01 Å². The number of rotatable bonds is 5. The van der Waals surface area contributed by atoms with E-state index in [1.54, 1.807) is 0 Å². The van der Waals surface area contributed by atoms with Crippen molar-refractivity contribution in [1.82, 2.24) is 10.2 Å². The summed E-state index contributed by atoms with van der Waals surface area (Å²) in [7, 11) is 0. The Morgan fingerprint density at radius 1 is 1.37 bits per heavy atom. The minimum absolute atomic E-state index is 0.122. The number of fused-ring (bicyclic) bond motifs is 2. The van der Waals surface area contributed by atoms with E-state index in [0.29, 0.717) is 17.5 Å². The molecule has 0 unspecified atom stereocenters. The highest BCUT2D eigenvalue weighted by Crippen LogP contribution is 2.49. The minimum Gasteiger partial charge on any atom is -0.301 e. The van der Waals surface area contributed by atoms with Crippen LogP contribution in [0.5, 0.6) is 0 Å². The molecular weight excluding hydrogens is 258 g/mol. The van der Waals surface area contributed by atoms with Gasteiger partial charge in [-0.15, -0.1) is 10.2 Å². The first-order chi connectivity index (χ1) is 9.24. The molecule has 104 valence electrons. The van der Waals surface area contributed by atoms with Crippen LogP contribution in [0.2, 0.25) is 0 Å². The van der Waals surface area contributed by atoms with Crippen LogP contribution >= 0.6 is 11.3 Å². The van der Waals surface area contributed by atoms with Gasteiger partial charge in [0.2, 0.25) is 11.0 Å². The van der Waals surface area contributed by atoms with Gasteiger partial charge in [0, 0.05) is 12.8 Å². The Kier molecular flexibility index (Phi) is 3.82. The second-order valence-electron chi connectivity index (χ2n) is 5.94. The lowest BCUT2D eigenvalue weighted by atomic mass is 9.86. The molecule has 2 aliphatic carbocycles. The molecule has 2 fully saturated rings. The third-order valence-electron chi connectivity index (χ3n) is 4.51. The van der Waals surface area contributed by atoms with Gasteiger partial charge in [0.25, 0.3) is 0 Å². The highest BCUT2D eigenvalue weighted by atomic mass is 32.1. The lowest BCUT2D eigenvalue weighted by Gasteiger charge is -2.20. The molecule has 0 radical (unpaired) electrons. The van der Waals surface area contributed by atoms with Gasteiger partial charge < -0.3 is 5.32 Å². The molecule has 2 aliphatic rings. The van der Waals surface area contributed by atoms with Crippen LogP contribution in [0.15, 0.2) is 0 Å². The second kappa shape index (κ2) is 5.57. The van der Waals surface area contributed by atoms with E-state index in [0.717, 1.165) is 29.7 Å². The van der Waals surface area contributed by atoms with Crippen LogP contribution in [0.1, 0.15) is 50.5 Å². The number of nitrogens with zero attached hydrogens (tertiary/aromatic N) is 2. The predicted octanol–water partition coefficient (Wildman–Crippen LogP) is 3.26. The van der Waals surface area contributed by atoms with Gasteiger partial charge >= 0.3 is 0 Å². The van der Waals surface area contributed by atoms with Crippen molar-refractivity contribution in [2.75, 3.05) is 5.32 Å². The molecule has 2 saturated carbocycles. The van der Waals surface area contributed by atoms with Crippen molar-refractivity contribution in [2.45, 2.75) is 51.9 Å². The lowest BCUT2D eigenvalue weighted by Crippen LogP contribution is -2.20. The van der Waals surface area contributed by atoms with Gasteiger partial charge in [-0.3, -0.25) is 4.79 Å². The van der Waals surface area contributed by atoms with E-state index in [9.17, 15) is 4.79 Å². The summed E-state index contributed by atoms with van der Waals surface area (Å²) in [6.07, 6.45) is 8.02. The zero-order valence-corrected chi connectivity index (χ0v) is 12.2. The Balaban J connectivity index is 1.50. The zero-order valence-electron chi connectivity index (χ0n) is 11.4. The van der Waals surface area contributed by atoms with Crippen molar-refractivity contribution < 1.29 is 4.79 Å². The normalized spacial score (nSPS) is 28.8. The smallest absolute Gasteiger partial charge is 0.226 e. The minimum atomic E-state index is 0.122. The zero-order chi connectivity index (χ0) is 13.2. The van der Waals surface area contributed by atoms with E-state index in [-0.39, 0.29) is 5.91 Å². The summed E-state index contributed by atoms with van der Waals surface area (Å²) in [5, 5.41) is 12.7. The van der Waals surface area contributed by atoms with Crippen molar-refractivity contribution in [3.63, 3.8) is 0 Å². The maximum atomic E-state index is 12.0. The predicted molar refractivity (Wildman–Crippen MR) is 76.1 cm³/mol. The third-order valence-corrected chi connectivity index (χ3v) is 5.41. The number of aromatic nitrogens is 2. The summed E-state index contributed by atoms with van der Waals surface area (Å²) in [5.41, 5.74) is 0. The van der Waals surface area contributed by atoms with E-state index in [1.165, 1.54) is 37.0 Å². The summed E-state index contributed by atoms with van der Waals surface area (Å²) >= 11 is 1.50. The summed E-state index contributed by atoms with van der Waals surface area (Å²) in [6.45, 7) is 2.12. The van der Waals surface area contributed by atoms with Crippen LogP contribution in [0.4, 0.5) is 5.13 Å². The van der Waals surface area contributed by atoms with Crippen molar-refractivity contribution in [3.05, 3.63) is 5.01 Å². The summed E-state index contributed by atoms with van der Waals surface area (Å²) in [6, 6.07) is 0. The Hall–Kier alpha value is -0.970. The summed E-state index contributed by atoms with van der Waals surface area (Å²) < 4.78 is 0. The molecule has 1 aromatic rings. The number of amides is 1. The number of carbonyl (C=O) groups excluding carboxylic acids is 1. The van der Waals surface area contributed by atoms with Gasteiger partial charge in [-0.25, -0.2) is 0 Å². The maximum absolute atomic E-state index is 12.0. The Morgan fingerprint density at radius 3 is 2.95 bits per heavy atom. The quantitative estimate of drug-likeness (QED) is 0.900. The molecule has 1 N–H and O–H groups in total.